The molecule has 1 heterocycles. The lowest BCUT2D eigenvalue weighted by Crippen LogP contribution is -2.43. The van der Waals surface area contributed by atoms with Gasteiger partial charge in [0.1, 0.15) is 5.82 Å². The number of hydrogen-bond acceptors (Lipinski definition) is 4. The molecule has 31 heavy (non-hydrogen) atoms. The number of benzene rings is 2. The molecule has 3 rings (SSSR count). The minimum atomic E-state index is -0.436. The van der Waals surface area contributed by atoms with Gasteiger partial charge < -0.3 is 16.0 Å². The first-order valence-corrected chi connectivity index (χ1v) is 11.2. The molecule has 1 fully saturated rings. The highest BCUT2D eigenvalue weighted by Crippen LogP contribution is 2.26. The first kappa shape index (κ1) is 22.8. The number of nitrogens with two attached hydrogens (primary N) is 1. The molecule has 1 aliphatic rings. The normalized spacial score (nSPS) is 14.3. The Hall–Kier alpha value is -2.87. The van der Waals surface area contributed by atoms with Crippen LogP contribution < -0.4 is 11.1 Å². The van der Waals surface area contributed by atoms with Crippen LogP contribution in [-0.2, 0) is 16.0 Å². The quantitative estimate of drug-likeness (QED) is 0.614. The number of likely N-dealkylation sites (tertiary alicyclic amines) is 1. The average Bonchev–Trinajstić information content (AvgIpc) is 2.78. The maximum atomic E-state index is 13.7. The summed E-state index contributed by atoms with van der Waals surface area (Å²) in [5, 5.41) is 2.88. The SMILES string of the molecule is NC(=O)CSc1ccccc1C(=O)N1CCC(C(=O)NCCc2ccccc2F)CC1. The Balaban J connectivity index is 1.49. The van der Waals surface area contributed by atoms with Crippen LogP contribution in [0.25, 0.3) is 0 Å². The Bertz CT molecular complexity index is 945. The Morgan fingerprint density at radius 1 is 1.06 bits per heavy atom. The minimum absolute atomic E-state index is 0.0548. The first-order chi connectivity index (χ1) is 15.0. The zero-order valence-corrected chi connectivity index (χ0v) is 18.0. The molecule has 0 atom stereocenters. The lowest BCUT2D eigenvalue weighted by atomic mass is 9.95. The summed E-state index contributed by atoms with van der Waals surface area (Å²) in [5.41, 5.74) is 6.34. The van der Waals surface area contributed by atoms with E-state index in [1.807, 2.05) is 6.07 Å². The summed E-state index contributed by atoms with van der Waals surface area (Å²) in [5.74, 6) is -0.915. The van der Waals surface area contributed by atoms with Crippen LogP contribution in [0.15, 0.2) is 53.4 Å². The molecular weight excluding hydrogens is 417 g/mol. The van der Waals surface area contributed by atoms with Gasteiger partial charge >= 0.3 is 0 Å². The maximum Gasteiger partial charge on any atom is 0.254 e. The molecule has 0 unspecified atom stereocenters. The number of nitrogens with one attached hydrogen (secondary N) is 1. The number of rotatable bonds is 8. The molecule has 164 valence electrons. The predicted molar refractivity (Wildman–Crippen MR) is 118 cm³/mol. The van der Waals surface area contributed by atoms with Crippen molar-refractivity contribution < 1.29 is 18.8 Å². The van der Waals surface area contributed by atoms with Crippen LogP contribution in [0.3, 0.4) is 0 Å². The van der Waals surface area contributed by atoms with E-state index in [9.17, 15) is 18.8 Å². The Morgan fingerprint density at radius 3 is 2.45 bits per heavy atom. The molecule has 0 aliphatic carbocycles. The summed E-state index contributed by atoms with van der Waals surface area (Å²) < 4.78 is 13.7. The molecule has 0 bridgehead atoms. The molecule has 2 aromatic carbocycles. The van der Waals surface area contributed by atoms with Crippen LogP contribution in [-0.4, -0.2) is 48.0 Å². The van der Waals surface area contributed by atoms with Gasteiger partial charge in [-0.25, -0.2) is 4.39 Å². The molecule has 1 aliphatic heterocycles. The van der Waals surface area contributed by atoms with Gasteiger partial charge in [-0.15, -0.1) is 11.8 Å². The van der Waals surface area contributed by atoms with Crippen LogP contribution in [0.5, 0.6) is 0 Å². The van der Waals surface area contributed by atoms with Crippen LogP contribution in [0, 0.1) is 11.7 Å². The van der Waals surface area contributed by atoms with Gasteiger partial charge in [0.2, 0.25) is 11.8 Å². The Kier molecular flexibility index (Phi) is 8.06. The number of amides is 3. The van der Waals surface area contributed by atoms with E-state index in [0.717, 1.165) is 4.90 Å². The molecule has 3 amide bonds. The van der Waals surface area contributed by atoms with Gasteiger partial charge in [-0.05, 0) is 43.0 Å². The van der Waals surface area contributed by atoms with Crippen LogP contribution in [0.1, 0.15) is 28.8 Å². The van der Waals surface area contributed by atoms with E-state index in [-0.39, 0.29) is 29.3 Å². The molecule has 6 nitrogen and oxygen atoms in total. The third-order valence-corrected chi connectivity index (χ3v) is 6.39. The van der Waals surface area contributed by atoms with E-state index in [1.165, 1.54) is 17.8 Å². The molecule has 0 saturated carbocycles. The number of piperidine rings is 1. The maximum absolute atomic E-state index is 13.7. The number of carbonyl (C=O) groups excluding carboxylic acids is 3. The molecular formula is C23H26FN3O3S. The van der Waals surface area contributed by atoms with E-state index in [4.69, 9.17) is 5.73 Å². The summed E-state index contributed by atoms with van der Waals surface area (Å²) >= 11 is 1.25. The lowest BCUT2D eigenvalue weighted by molar-refractivity contribution is -0.126. The smallest absolute Gasteiger partial charge is 0.254 e. The van der Waals surface area contributed by atoms with Crippen molar-refractivity contribution in [2.75, 3.05) is 25.4 Å². The Labute approximate surface area is 185 Å². The van der Waals surface area contributed by atoms with Gasteiger partial charge in [-0.1, -0.05) is 30.3 Å². The summed E-state index contributed by atoms with van der Waals surface area (Å²) in [6.07, 6.45) is 1.59. The number of primary amides is 1. The molecule has 2 aromatic rings. The molecule has 1 saturated heterocycles. The van der Waals surface area contributed by atoms with Gasteiger partial charge in [0.15, 0.2) is 0 Å². The highest BCUT2D eigenvalue weighted by Gasteiger charge is 2.28. The second-order valence-corrected chi connectivity index (χ2v) is 8.47. The van der Waals surface area contributed by atoms with Crippen molar-refractivity contribution in [3.05, 3.63) is 65.5 Å². The van der Waals surface area contributed by atoms with E-state index in [1.54, 1.807) is 41.3 Å². The fraction of sp³-hybridized carbons (Fsp3) is 0.348. The summed E-state index contributed by atoms with van der Waals surface area (Å²) in [6.45, 7) is 1.35. The Morgan fingerprint density at radius 2 is 1.74 bits per heavy atom. The average molecular weight is 444 g/mol. The third-order valence-electron chi connectivity index (χ3n) is 5.29. The molecule has 0 aromatic heterocycles. The molecule has 8 heteroatoms. The fourth-order valence-corrected chi connectivity index (χ4v) is 4.38. The zero-order valence-electron chi connectivity index (χ0n) is 17.2. The number of carbonyl (C=O) groups is 3. The summed E-state index contributed by atoms with van der Waals surface area (Å²) in [6, 6.07) is 13.7. The van der Waals surface area contributed by atoms with Crippen molar-refractivity contribution in [3.63, 3.8) is 0 Å². The van der Waals surface area contributed by atoms with Crippen molar-refractivity contribution in [2.24, 2.45) is 11.7 Å². The highest BCUT2D eigenvalue weighted by molar-refractivity contribution is 8.00. The second-order valence-electron chi connectivity index (χ2n) is 7.45. The number of nitrogens with zero attached hydrogens (tertiary/aromatic N) is 1. The van der Waals surface area contributed by atoms with E-state index in [2.05, 4.69) is 5.32 Å². The van der Waals surface area contributed by atoms with E-state index in [0.29, 0.717) is 50.0 Å². The van der Waals surface area contributed by atoms with Crippen molar-refractivity contribution in [1.82, 2.24) is 10.2 Å². The van der Waals surface area contributed by atoms with Crippen LogP contribution in [0.2, 0.25) is 0 Å². The van der Waals surface area contributed by atoms with Gasteiger partial charge in [-0.3, -0.25) is 14.4 Å². The largest absolute Gasteiger partial charge is 0.369 e. The van der Waals surface area contributed by atoms with E-state index < -0.39 is 5.91 Å². The standard InChI is InChI=1S/C23H26FN3O3S/c24-19-7-3-1-5-16(19)9-12-26-22(29)17-10-13-27(14-11-17)23(30)18-6-2-4-8-20(18)31-15-21(25)28/h1-8,17H,9-15H2,(H2,25,28)(H,26,29). The van der Waals surface area contributed by atoms with Crippen LogP contribution >= 0.6 is 11.8 Å². The molecule has 0 radical (unpaired) electrons. The van der Waals surface area contributed by atoms with E-state index >= 15 is 0 Å². The number of hydrogen-bond donors (Lipinski definition) is 2. The third kappa shape index (κ3) is 6.30. The predicted octanol–water partition coefficient (Wildman–Crippen LogP) is 2.61. The molecule has 3 N–H and O–H groups in total. The van der Waals surface area contributed by atoms with Crippen molar-refractivity contribution in [1.29, 1.82) is 0 Å². The summed E-state index contributed by atoms with van der Waals surface area (Å²) in [7, 11) is 0. The topological polar surface area (TPSA) is 92.5 Å². The van der Waals surface area contributed by atoms with Gasteiger partial charge in [0.25, 0.3) is 5.91 Å². The summed E-state index contributed by atoms with van der Waals surface area (Å²) in [4.78, 5) is 39.0. The fourth-order valence-electron chi connectivity index (χ4n) is 3.60. The number of thioether (sulfide) groups is 1. The minimum Gasteiger partial charge on any atom is -0.369 e. The molecule has 0 spiro atoms. The van der Waals surface area contributed by atoms with Crippen LogP contribution in [0.4, 0.5) is 4.39 Å². The first-order valence-electron chi connectivity index (χ1n) is 10.3. The van der Waals surface area contributed by atoms with Gasteiger partial charge in [-0.2, -0.15) is 0 Å². The van der Waals surface area contributed by atoms with Crippen molar-refractivity contribution in [3.8, 4) is 0 Å². The van der Waals surface area contributed by atoms with Crippen molar-refractivity contribution >= 4 is 29.5 Å². The lowest BCUT2D eigenvalue weighted by Gasteiger charge is -2.31. The zero-order chi connectivity index (χ0) is 22.2. The van der Waals surface area contributed by atoms with Gasteiger partial charge in [0.05, 0.1) is 11.3 Å². The van der Waals surface area contributed by atoms with Crippen molar-refractivity contribution in [2.45, 2.75) is 24.2 Å². The second kappa shape index (κ2) is 10.9. The van der Waals surface area contributed by atoms with Gasteiger partial charge in [0, 0.05) is 30.4 Å². The monoisotopic (exact) mass is 443 g/mol. The number of halogens is 1. The highest BCUT2D eigenvalue weighted by atomic mass is 32.2.